The van der Waals surface area contributed by atoms with Crippen LogP contribution in [0.5, 0.6) is 5.75 Å². The Kier molecular flexibility index (Phi) is 4.84. The fraction of sp³-hybridized carbons (Fsp3) is 0.385. The van der Waals surface area contributed by atoms with Crippen LogP contribution in [0.1, 0.15) is 24.1 Å². The Bertz CT molecular complexity index is 376. The molecule has 0 radical (unpaired) electrons. The predicted molar refractivity (Wildman–Crippen MR) is 69.1 cm³/mol. The molecule has 88 valence electrons. The van der Waals surface area contributed by atoms with E-state index in [1.54, 1.807) is 0 Å². The third-order valence-electron chi connectivity index (χ3n) is 2.52. The van der Waals surface area contributed by atoms with Gasteiger partial charge in [0, 0.05) is 11.1 Å². The standard InChI is InChI=1S/C13H18ClNO/c1-9-7-12(11(3)15-4)5-6-13(9)16-8-10(2)14/h5-7,11,15H,2,8H2,1,3-4H3. The monoisotopic (exact) mass is 239 g/mol. The summed E-state index contributed by atoms with van der Waals surface area (Å²) in [5.41, 5.74) is 2.36. The molecule has 1 atom stereocenters. The van der Waals surface area contributed by atoms with E-state index in [0.29, 0.717) is 17.7 Å². The molecule has 2 nitrogen and oxygen atoms in total. The van der Waals surface area contributed by atoms with E-state index >= 15 is 0 Å². The van der Waals surface area contributed by atoms with Crippen LogP contribution in [0.25, 0.3) is 0 Å². The van der Waals surface area contributed by atoms with Crippen LogP contribution >= 0.6 is 11.6 Å². The number of hydrogen-bond donors (Lipinski definition) is 1. The second kappa shape index (κ2) is 5.92. The molecule has 0 saturated carbocycles. The number of rotatable bonds is 5. The van der Waals surface area contributed by atoms with Crippen molar-refractivity contribution >= 4 is 11.6 Å². The van der Waals surface area contributed by atoms with Crippen molar-refractivity contribution in [3.8, 4) is 5.75 Å². The maximum atomic E-state index is 5.65. The van der Waals surface area contributed by atoms with E-state index in [1.165, 1.54) is 5.56 Å². The van der Waals surface area contributed by atoms with Crippen molar-refractivity contribution in [1.29, 1.82) is 0 Å². The molecular formula is C13H18ClNO. The summed E-state index contributed by atoms with van der Waals surface area (Å²) in [5, 5.41) is 3.71. The van der Waals surface area contributed by atoms with Gasteiger partial charge >= 0.3 is 0 Å². The van der Waals surface area contributed by atoms with Crippen molar-refractivity contribution in [2.75, 3.05) is 13.7 Å². The Balaban J connectivity index is 2.79. The number of benzene rings is 1. The van der Waals surface area contributed by atoms with Crippen molar-refractivity contribution in [2.45, 2.75) is 19.9 Å². The fourth-order valence-electron chi connectivity index (χ4n) is 1.43. The van der Waals surface area contributed by atoms with Gasteiger partial charge in [0.05, 0.1) is 0 Å². The van der Waals surface area contributed by atoms with Gasteiger partial charge in [0.1, 0.15) is 12.4 Å². The summed E-state index contributed by atoms with van der Waals surface area (Å²) in [5.74, 6) is 0.855. The summed E-state index contributed by atoms with van der Waals surface area (Å²) in [6.07, 6.45) is 0. The van der Waals surface area contributed by atoms with Crippen LogP contribution in [0.4, 0.5) is 0 Å². The molecule has 1 aromatic rings. The molecule has 0 aliphatic heterocycles. The first-order chi connectivity index (χ1) is 7.54. The first kappa shape index (κ1) is 13.1. The van der Waals surface area contributed by atoms with E-state index in [4.69, 9.17) is 16.3 Å². The van der Waals surface area contributed by atoms with Gasteiger partial charge < -0.3 is 10.1 Å². The Hall–Kier alpha value is -0.990. The highest BCUT2D eigenvalue weighted by molar-refractivity contribution is 6.29. The minimum Gasteiger partial charge on any atom is -0.488 e. The van der Waals surface area contributed by atoms with Crippen LogP contribution in [-0.4, -0.2) is 13.7 Å². The molecule has 0 spiro atoms. The molecule has 0 bridgehead atoms. The van der Waals surface area contributed by atoms with Crippen LogP contribution in [0.2, 0.25) is 0 Å². The zero-order valence-electron chi connectivity index (χ0n) is 10.0. The van der Waals surface area contributed by atoms with Crippen LogP contribution in [0, 0.1) is 6.92 Å². The summed E-state index contributed by atoms with van der Waals surface area (Å²) in [4.78, 5) is 0. The highest BCUT2D eigenvalue weighted by Gasteiger charge is 2.06. The van der Waals surface area contributed by atoms with Crippen LogP contribution in [0.15, 0.2) is 29.8 Å². The fourth-order valence-corrected chi connectivity index (χ4v) is 1.48. The van der Waals surface area contributed by atoms with E-state index < -0.39 is 0 Å². The second-order valence-electron chi connectivity index (χ2n) is 3.84. The van der Waals surface area contributed by atoms with E-state index in [1.807, 2.05) is 20.0 Å². The van der Waals surface area contributed by atoms with Gasteiger partial charge in [0.2, 0.25) is 0 Å². The number of halogens is 1. The molecular weight excluding hydrogens is 222 g/mol. The van der Waals surface area contributed by atoms with Crippen LogP contribution in [0.3, 0.4) is 0 Å². The Morgan fingerprint density at radius 2 is 2.25 bits per heavy atom. The third kappa shape index (κ3) is 3.54. The van der Waals surface area contributed by atoms with Crippen molar-refractivity contribution in [3.63, 3.8) is 0 Å². The van der Waals surface area contributed by atoms with E-state index in [2.05, 4.69) is 31.0 Å². The van der Waals surface area contributed by atoms with Gasteiger partial charge in [-0.3, -0.25) is 0 Å². The molecule has 16 heavy (non-hydrogen) atoms. The lowest BCUT2D eigenvalue weighted by Crippen LogP contribution is -2.12. The molecule has 0 heterocycles. The van der Waals surface area contributed by atoms with Crippen LogP contribution < -0.4 is 10.1 Å². The number of hydrogen-bond acceptors (Lipinski definition) is 2. The number of aryl methyl sites for hydroxylation is 1. The lowest BCUT2D eigenvalue weighted by atomic mass is 10.1. The summed E-state index contributed by atoms with van der Waals surface area (Å²) in [7, 11) is 1.95. The first-order valence-electron chi connectivity index (χ1n) is 5.28. The van der Waals surface area contributed by atoms with Crippen molar-refractivity contribution in [2.24, 2.45) is 0 Å². The molecule has 0 aliphatic carbocycles. The van der Waals surface area contributed by atoms with Crippen molar-refractivity contribution < 1.29 is 4.74 Å². The van der Waals surface area contributed by atoms with Crippen molar-refractivity contribution in [1.82, 2.24) is 5.32 Å². The molecule has 1 unspecified atom stereocenters. The van der Waals surface area contributed by atoms with Gasteiger partial charge in [-0.1, -0.05) is 30.3 Å². The molecule has 0 aromatic heterocycles. The van der Waals surface area contributed by atoms with Gasteiger partial charge in [0.15, 0.2) is 0 Å². The first-order valence-corrected chi connectivity index (χ1v) is 5.66. The molecule has 0 aliphatic rings. The smallest absolute Gasteiger partial charge is 0.123 e. The van der Waals surface area contributed by atoms with Gasteiger partial charge in [-0.25, -0.2) is 0 Å². The maximum Gasteiger partial charge on any atom is 0.123 e. The average Bonchev–Trinajstić information content (AvgIpc) is 2.26. The lowest BCUT2D eigenvalue weighted by molar-refractivity contribution is 0.357. The molecule has 1 N–H and O–H groups in total. The molecule has 0 saturated heterocycles. The number of nitrogens with one attached hydrogen (secondary N) is 1. The quantitative estimate of drug-likeness (QED) is 0.850. The van der Waals surface area contributed by atoms with Gasteiger partial charge in [-0.15, -0.1) is 0 Å². The molecule has 1 rings (SSSR count). The van der Waals surface area contributed by atoms with Gasteiger partial charge in [-0.05, 0) is 38.1 Å². The highest BCUT2D eigenvalue weighted by atomic mass is 35.5. The zero-order valence-corrected chi connectivity index (χ0v) is 10.8. The molecule has 0 fully saturated rings. The van der Waals surface area contributed by atoms with Gasteiger partial charge in [0.25, 0.3) is 0 Å². The second-order valence-corrected chi connectivity index (χ2v) is 4.38. The lowest BCUT2D eigenvalue weighted by Gasteiger charge is -2.14. The SMILES string of the molecule is C=C(Cl)COc1ccc(C(C)NC)cc1C. The largest absolute Gasteiger partial charge is 0.488 e. The third-order valence-corrected chi connectivity index (χ3v) is 2.63. The number of ether oxygens (including phenoxy) is 1. The molecule has 3 heteroatoms. The predicted octanol–water partition coefficient (Wildman–Crippen LogP) is 3.41. The Morgan fingerprint density at radius 3 is 2.75 bits per heavy atom. The minimum absolute atomic E-state index is 0.343. The summed E-state index contributed by atoms with van der Waals surface area (Å²) < 4.78 is 5.51. The topological polar surface area (TPSA) is 21.3 Å². The Labute approximate surface area is 102 Å². The van der Waals surface area contributed by atoms with Gasteiger partial charge in [-0.2, -0.15) is 0 Å². The summed E-state index contributed by atoms with van der Waals surface area (Å²) >= 11 is 5.65. The normalized spacial score (nSPS) is 12.2. The zero-order chi connectivity index (χ0) is 12.1. The van der Waals surface area contributed by atoms with E-state index in [-0.39, 0.29) is 0 Å². The molecule has 1 aromatic carbocycles. The van der Waals surface area contributed by atoms with Crippen molar-refractivity contribution in [3.05, 3.63) is 40.9 Å². The summed E-state index contributed by atoms with van der Waals surface area (Å²) in [6, 6.07) is 6.49. The van der Waals surface area contributed by atoms with Crippen LogP contribution in [-0.2, 0) is 0 Å². The average molecular weight is 240 g/mol. The molecule has 0 amide bonds. The van der Waals surface area contributed by atoms with E-state index in [0.717, 1.165) is 11.3 Å². The maximum absolute atomic E-state index is 5.65. The Morgan fingerprint density at radius 1 is 1.56 bits per heavy atom. The summed E-state index contributed by atoms with van der Waals surface area (Å²) in [6.45, 7) is 8.09. The van der Waals surface area contributed by atoms with E-state index in [9.17, 15) is 0 Å². The highest BCUT2D eigenvalue weighted by Crippen LogP contribution is 2.23. The minimum atomic E-state index is 0.343.